The van der Waals surface area contributed by atoms with E-state index in [-0.39, 0.29) is 35.3 Å². The number of nitrogens with two attached hydrogens (primary N) is 1. The van der Waals surface area contributed by atoms with Gasteiger partial charge in [0.15, 0.2) is 0 Å². The second-order valence-electron chi connectivity index (χ2n) is 8.02. The van der Waals surface area contributed by atoms with Gasteiger partial charge in [-0.1, -0.05) is 12.1 Å². The molecular formula is C24H22F3N7O3. The van der Waals surface area contributed by atoms with E-state index in [1.165, 1.54) is 35.0 Å². The minimum atomic E-state index is -2.84. The number of alkyl halides is 2. The number of hydrogen-bond acceptors (Lipinski definition) is 8. The van der Waals surface area contributed by atoms with Gasteiger partial charge < -0.3 is 15.6 Å². The number of aliphatic carboxylic acids is 1. The third-order valence-corrected chi connectivity index (χ3v) is 5.38. The molecule has 0 aliphatic rings. The highest BCUT2D eigenvalue weighted by molar-refractivity contribution is 5.85. The van der Waals surface area contributed by atoms with Gasteiger partial charge in [-0.2, -0.15) is 4.98 Å². The normalized spacial score (nSPS) is 11.2. The summed E-state index contributed by atoms with van der Waals surface area (Å²) in [5.74, 6) is -1.82. The van der Waals surface area contributed by atoms with Crippen molar-refractivity contribution in [2.75, 3.05) is 5.73 Å². The van der Waals surface area contributed by atoms with Crippen LogP contribution in [0.25, 0.3) is 22.4 Å². The van der Waals surface area contributed by atoms with E-state index in [2.05, 4.69) is 25.3 Å². The first kappa shape index (κ1) is 25.5. The van der Waals surface area contributed by atoms with Crippen LogP contribution in [0, 0.1) is 12.7 Å². The van der Waals surface area contributed by atoms with Crippen molar-refractivity contribution >= 4 is 11.9 Å². The van der Waals surface area contributed by atoms with Crippen LogP contribution in [0.4, 0.5) is 19.1 Å². The van der Waals surface area contributed by atoms with Gasteiger partial charge >= 0.3 is 5.97 Å². The Bertz CT molecular complexity index is 1440. The number of ether oxygens (including phenoxy) is 1. The van der Waals surface area contributed by atoms with Gasteiger partial charge in [0.25, 0.3) is 6.43 Å². The molecule has 0 fully saturated rings. The Hall–Kier alpha value is -4.55. The lowest BCUT2D eigenvalue weighted by atomic mass is 9.99. The lowest BCUT2D eigenvalue weighted by Crippen LogP contribution is -2.16. The van der Waals surface area contributed by atoms with Gasteiger partial charge in [-0.05, 0) is 55.3 Å². The first-order chi connectivity index (χ1) is 17.7. The Morgan fingerprint density at radius 1 is 1.14 bits per heavy atom. The molecule has 0 spiro atoms. The van der Waals surface area contributed by atoms with Crippen molar-refractivity contribution in [2.45, 2.75) is 39.8 Å². The topological polar surface area (TPSA) is 142 Å². The number of aryl methyl sites for hydroxylation is 2. The van der Waals surface area contributed by atoms with Crippen LogP contribution in [-0.2, 0) is 24.4 Å². The first-order valence-corrected chi connectivity index (χ1v) is 11.1. The molecule has 3 N–H and O–H groups in total. The summed E-state index contributed by atoms with van der Waals surface area (Å²) in [4.78, 5) is 23.6. The SMILES string of the molecule is CCc1nnn(CC(=O)O)c1COc1nc(N)nc(-c2ccc(F)cc2)c1-c1cc(C)nc(C(F)F)c1. The number of anilines is 1. The molecule has 0 aliphatic carbocycles. The van der Waals surface area contributed by atoms with E-state index in [0.29, 0.717) is 29.1 Å². The van der Waals surface area contributed by atoms with Crippen molar-refractivity contribution in [3.05, 3.63) is 65.0 Å². The fourth-order valence-corrected chi connectivity index (χ4v) is 3.78. The van der Waals surface area contributed by atoms with Crippen molar-refractivity contribution < 1.29 is 27.8 Å². The molecule has 3 aromatic heterocycles. The summed E-state index contributed by atoms with van der Waals surface area (Å²) in [6.45, 7) is 2.76. The Kier molecular flexibility index (Phi) is 7.32. The minimum Gasteiger partial charge on any atom is -0.480 e. The Labute approximate surface area is 209 Å². The number of benzene rings is 1. The summed E-state index contributed by atoms with van der Waals surface area (Å²) >= 11 is 0. The molecule has 10 nitrogen and oxygen atoms in total. The van der Waals surface area contributed by atoms with E-state index in [4.69, 9.17) is 10.5 Å². The van der Waals surface area contributed by atoms with E-state index in [1.54, 1.807) is 13.0 Å². The average molecular weight is 513 g/mol. The third kappa shape index (κ3) is 5.66. The van der Waals surface area contributed by atoms with Gasteiger partial charge in [-0.3, -0.25) is 9.78 Å². The predicted octanol–water partition coefficient (Wildman–Crippen LogP) is 3.99. The molecular weight excluding hydrogens is 491 g/mol. The number of aromatic nitrogens is 6. The van der Waals surface area contributed by atoms with E-state index in [1.807, 2.05) is 6.92 Å². The number of hydrogen-bond donors (Lipinski definition) is 2. The van der Waals surface area contributed by atoms with Gasteiger partial charge in [-0.15, -0.1) is 5.10 Å². The van der Waals surface area contributed by atoms with Crippen LogP contribution in [0.2, 0.25) is 0 Å². The van der Waals surface area contributed by atoms with Gasteiger partial charge in [0.1, 0.15) is 30.4 Å². The number of carboxylic acids is 1. The second kappa shape index (κ2) is 10.6. The van der Waals surface area contributed by atoms with E-state index < -0.39 is 30.5 Å². The molecule has 192 valence electrons. The van der Waals surface area contributed by atoms with Gasteiger partial charge in [0, 0.05) is 11.3 Å². The number of carbonyl (C=O) groups is 1. The molecule has 0 unspecified atom stereocenters. The zero-order chi connectivity index (χ0) is 26.7. The molecule has 0 saturated heterocycles. The Morgan fingerprint density at radius 3 is 2.51 bits per heavy atom. The highest BCUT2D eigenvalue weighted by atomic mass is 19.3. The Morgan fingerprint density at radius 2 is 1.86 bits per heavy atom. The quantitative estimate of drug-likeness (QED) is 0.340. The smallest absolute Gasteiger partial charge is 0.325 e. The standard InChI is InChI=1S/C24H22F3N7O3/c1-3-16-18(34(33-32-16)10-19(35)36)11-37-23-20(14-8-12(2)29-17(9-14)22(26)27)21(30-24(28)31-23)13-4-6-15(25)7-5-13/h4-9,22H,3,10-11H2,1-2H3,(H,35,36)(H2,28,30,31). The number of halogens is 3. The molecule has 1 aromatic carbocycles. The molecule has 13 heteroatoms. The zero-order valence-corrected chi connectivity index (χ0v) is 19.8. The first-order valence-electron chi connectivity index (χ1n) is 11.1. The summed E-state index contributed by atoms with van der Waals surface area (Å²) in [5, 5.41) is 17.1. The molecule has 0 aliphatic heterocycles. The second-order valence-corrected chi connectivity index (χ2v) is 8.02. The highest BCUT2D eigenvalue weighted by Gasteiger charge is 2.23. The van der Waals surface area contributed by atoms with Gasteiger partial charge in [0.2, 0.25) is 11.8 Å². The predicted molar refractivity (Wildman–Crippen MR) is 126 cm³/mol. The zero-order valence-electron chi connectivity index (χ0n) is 19.8. The molecule has 37 heavy (non-hydrogen) atoms. The fourth-order valence-electron chi connectivity index (χ4n) is 3.78. The van der Waals surface area contributed by atoms with Crippen LogP contribution in [0.1, 0.15) is 36.1 Å². The minimum absolute atomic E-state index is 0.0530. The summed E-state index contributed by atoms with van der Waals surface area (Å²) in [6, 6.07) is 8.14. The number of carboxylic acid groups (broad SMARTS) is 1. The molecule has 0 radical (unpaired) electrons. The van der Waals surface area contributed by atoms with E-state index >= 15 is 0 Å². The van der Waals surface area contributed by atoms with E-state index in [9.17, 15) is 23.1 Å². The third-order valence-electron chi connectivity index (χ3n) is 5.38. The Balaban J connectivity index is 1.88. The van der Waals surface area contributed by atoms with Crippen molar-refractivity contribution in [3.8, 4) is 28.3 Å². The monoisotopic (exact) mass is 513 g/mol. The summed E-state index contributed by atoms with van der Waals surface area (Å²) in [7, 11) is 0. The van der Waals surface area contributed by atoms with E-state index in [0.717, 1.165) is 0 Å². The van der Waals surface area contributed by atoms with Gasteiger partial charge in [0.05, 0.1) is 17.0 Å². The largest absolute Gasteiger partial charge is 0.480 e. The maximum Gasteiger partial charge on any atom is 0.325 e. The van der Waals surface area contributed by atoms with Crippen molar-refractivity contribution in [2.24, 2.45) is 0 Å². The number of nitrogen functional groups attached to an aromatic ring is 1. The summed E-state index contributed by atoms with van der Waals surface area (Å²) < 4.78 is 48.0. The number of nitrogens with zero attached hydrogens (tertiary/aromatic N) is 6. The van der Waals surface area contributed by atoms with Crippen LogP contribution in [0.15, 0.2) is 36.4 Å². The molecule has 0 bridgehead atoms. The fraction of sp³-hybridized carbons (Fsp3) is 0.250. The maximum atomic E-state index is 13.6. The molecule has 0 amide bonds. The van der Waals surface area contributed by atoms with Crippen LogP contribution < -0.4 is 10.5 Å². The van der Waals surface area contributed by atoms with Crippen molar-refractivity contribution in [1.29, 1.82) is 0 Å². The van der Waals surface area contributed by atoms with Crippen LogP contribution in [-0.4, -0.2) is 41.0 Å². The van der Waals surface area contributed by atoms with Crippen molar-refractivity contribution in [1.82, 2.24) is 29.9 Å². The lowest BCUT2D eigenvalue weighted by molar-refractivity contribution is -0.138. The van der Waals surface area contributed by atoms with Crippen LogP contribution in [0.5, 0.6) is 5.88 Å². The van der Waals surface area contributed by atoms with Crippen molar-refractivity contribution in [3.63, 3.8) is 0 Å². The summed E-state index contributed by atoms with van der Waals surface area (Å²) in [5.41, 5.74) is 7.91. The molecule has 4 rings (SSSR count). The van der Waals surface area contributed by atoms with Crippen LogP contribution >= 0.6 is 0 Å². The molecule has 0 atom stereocenters. The molecule has 0 saturated carbocycles. The van der Waals surface area contributed by atoms with Crippen LogP contribution in [0.3, 0.4) is 0 Å². The molecule has 3 heterocycles. The summed E-state index contributed by atoms with van der Waals surface area (Å²) in [6.07, 6.45) is -2.38. The maximum absolute atomic E-state index is 13.6. The number of rotatable bonds is 9. The lowest BCUT2D eigenvalue weighted by Gasteiger charge is -2.17. The van der Waals surface area contributed by atoms with Gasteiger partial charge in [-0.25, -0.2) is 22.8 Å². The average Bonchev–Trinajstić information content (AvgIpc) is 3.23. The molecule has 4 aromatic rings. The number of pyridine rings is 1. The highest BCUT2D eigenvalue weighted by Crippen LogP contribution is 2.39.